The standard InChI is InChI=1S/C16H19N3O3S/c1-23(21,22)19(11-9-15(20)18-13-7-8-13)14-6-2-4-12-5-3-10-17-16(12)14/h2-6,10,13H,7-9,11H2,1H3,(H,18,20). The molecule has 3 rings (SSSR count). The number of rotatable bonds is 6. The molecular weight excluding hydrogens is 314 g/mol. The summed E-state index contributed by atoms with van der Waals surface area (Å²) in [6, 6.07) is 9.35. The highest BCUT2D eigenvalue weighted by molar-refractivity contribution is 7.92. The third-order valence-corrected chi connectivity index (χ3v) is 4.94. The molecule has 1 aromatic heterocycles. The molecule has 0 spiro atoms. The zero-order valence-corrected chi connectivity index (χ0v) is 13.7. The van der Waals surface area contributed by atoms with Gasteiger partial charge in [-0.3, -0.25) is 14.1 Å². The third-order valence-electron chi connectivity index (χ3n) is 3.76. The second kappa shape index (κ2) is 6.16. The lowest BCUT2D eigenvalue weighted by atomic mass is 10.2. The quantitative estimate of drug-likeness (QED) is 0.872. The van der Waals surface area contributed by atoms with E-state index in [1.807, 2.05) is 12.1 Å². The summed E-state index contributed by atoms with van der Waals surface area (Å²) in [4.78, 5) is 16.2. The van der Waals surface area contributed by atoms with Crippen LogP contribution in [0.1, 0.15) is 19.3 Å². The van der Waals surface area contributed by atoms with Crippen LogP contribution in [0, 0.1) is 0 Å². The highest BCUT2D eigenvalue weighted by Gasteiger charge is 2.25. The van der Waals surface area contributed by atoms with E-state index in [0.29, 0.717) is 11.2 Å². The zero-order chi connectivity index (χ0) is 16.4. The van der Waals surface area contributed by atoms with Gasteiger partial charge in [-0.15, -0.1) is 0 Å². The summed E-state index contributed by atoms with van der Waals surface area (Å²) < 4.78 is 25.6. The van der Waals surface area contributed by atoms with Crippen molar-refractivity contribution in [3.8, 4) is 0 Å². The molecule has 1 aliphatic rings. The number of fused-ring (bicyclic) bond motifs is 1. The minimum absolute atomic E-state index is 0.104. The smallest absolute Gasteiger partial charge is 0.232 e. The molecule has 1 aromatic carbocycles. The summed E-state index contributed by atoms with van der Waals surface area (Å²) in [6.45, 7) is 0.104. The molecule has 23 heavy (non-hydrogen) atoms. The number of carbonyl (C=O) groups excluding carboxylic acids is 1. The highest BCUT2D eigenvalue weighted by Crippen LogP contribution is 2.27. The Hall–Kier alpha value is -2.15. The summed E-state index contributed by atoms with van der Waals surface area (Å²) in [6.07, 6.45) is 4.93. The molecule has 1 saturated carbocycles. The first-order valence-corrected chi connectivity index (χ1v) is 9.41. The first-order chi connectivity index (χ1) is 10.9. The zero-order valence-electron chi connectivity index (χ0n) is 12.9. The number of aromatic nitrogens is 1. The normalized spacial score (nSPS) is 14.7. The highest BCUT2D eigenvalue weighted by atomic mass is 32.2. The Morgan fingerprint density at radius 3 is 2.74 bits per heavy atom. The summed E-state index contributed by atoms with van der Waals surface area (Å²) in [5.41, 5.74) is 1.12. The van der Waals surface area contributed by atoms with Crippen molar-refractivity contribution in [1.82, 2.24) is 10.3 Å². The first kappa shape index (κ1) is 15.7. The van der Waals surface area contributed by atoms with Crippen molar-refractivity contribution in [2.75, 3.05) is 17.1 Å². The van der Waals surface area contributed by atoms with Crippen LogP contribution in [-0.2, 0) is 14.8 Å². The second-order valence-corrected chi connectivity index (χ2v) is 7.69. The molecule has 0 bridgehead atoms. The number of nitrogens with zero attached hydrogens (tertiary/aromatic N) is 2. The van der Waals surface area contributed by atoms with Gasteiger partial charge in [-0.25, -0.2) is 8.42 Å². The van der Waals surface area contributed by atoms with Crippen molar-refractivity contribution >= 4 is 32.5 Å². The van der Waals surface area contributed by atoms with Gasteiger partial charge in [-0.2, -0.15) is 0 Å². The van der Waals surface area contributed by atoms with Gasteiger partial charge in [-0.05, 0) is 25.0 Å². The lowest BCUT2D eigenvalue weighted by Gasteiger charge is -2.23. The van der Waals surface area contributed by atoms with Gasteiger partial charge in [0.15, 0.2) is 0 Å². The van der Waals surface area contributed by atoms with Crippen LogP contribution in [0.5, 0.6) is 0 Å². The number of nitrogens with one attached hydrogen (secondary N) is 1. The van der Waals surface area contributed by atoms with Crippen LogP contribution >= 0.6 is 0 Å². The molecule has 1 aliphatic carbocycles. The number of amides is 1. The maximum atomic E-state index is 12.2. The van der Waals surface area contributed by atoms with Crippen LogP contribution in [0.2, 0.25) is 0 Å². The number of hydrogen-bond donors (Lipinski definition) is 1. The average molecular weight is 333 g/mol. The summed E-state index contributed by atoms with van der Waals surface area (Å²) >= 11 is 0. The number of benzene rings is 1. The molecule has 0 radical (unpaired) electrons. The van der Waals surface area contributed by atoms with E-state index < -0.39 is 10.0 Å². The van der Waals surface area contributed by atoms with Crippen LogP contribution in [-0.4, -0.2) is 38.2 Å². The van der Waals surface area contributed by atoms with Crippen LogP contribution in [0.25, 0.3) is 10.9 Å². The van der Waals surface area contributed by atoms with Crippen molar-refractivity contribution in [1.29, 1.82) is 0 Å². The minimum Gasteiger partial charge on any atom is -0.353 e. The number of pyridine rings is 1. The Kier molecular flexibility index (Phi) is 4.21. The molecule has 7 heteroatoms. The molecule has 1 heterocycles. The van der Waals surface area contributed by atoms with E-state index in [9.17, 15) is 13.2 Å². The number of sulfonamides is 1. The van der Waals surface area contributed by atoms with Gasteiger partial charge in [0.05, 0.1) is 17.5 Å². The SMILES string of the molecule is CS(=O)(=O)N(CCC(=O)NC1CC1)c1cccc2cccnc12. The Morgan fingerprint density at radius 1 is 1.30 bits per heavy atom. The summed E-state index contributed by atoms with van der Waals surface area (Å²) in [5, 5.41) is 3.74. The van der Waals surface area contributed by atoms with Gasteiger partial charge in [0, 0.05) is 30.6 Å². The number of anilines is 1. The van der Waals surface area contributed by atoms with E-state index in [2.05, 4.69) is 10.3 Å². The van der Waals surface area contributed by atoms with Crippen molar-refractivity contribution in [3.63, 3.8) is 0 Å². The number of para-hydroxylation sites is 1. The van der Waals surface area contributed by atoms with E-state index in [4.69, 9.17) is 0 Å². The van der Waals surface area contributed by atoms with Gasteiger partial charge in [0.1, 0.15) is 0 Å². The molecular formula is C16H19N3O3S. The third kappa shape index (κ3) is 3.79. The van der Waals surface area contributed by atoms with Gasteiger partial charge >= 0.3 is 0 Å². The lowest BCUT2D eigenvalue weighted by molar-refractivity contribution is -0.121. The largest absolute Gasteiger partial charge is 0.353 e. The van der Waals surface area contributed by atoms with Crippen LogP contribution in [0.15, 0.2) is 36.5 Å². The monoisotopic (exact) mass is 333 g/mol. The lowest BCUT2D eigenvalue weighted by Crippen LogP contribution is -2.35. The average Bonchev–Trinajstić information content (AvgIpc) is 3.30. The van der Waals surface area contributed by atoms with Gasteiger partial charge < -0.3 is 5.32 Å². The Bertz CT molecular complexity index is 826. The molecule has 6 nitrogen and oxygen atoms in total. The van der Waals surface area contributed by atoms with Crippen LogP contribution < -0.4 is 9.62 Å². The number of carbonyl (C=O) groups is 1. The van der Waals surface area contributed by atoms with Crippen LogP contribution in [0.4, 0.5) is 5.69 Å². The summed E-state index contributed by atoms with van der Waals surface area (Å²) in [5.74, 6) is -0.116. The topological polar surface area (TPSA) is 79.4 Å². The van der Waals surface area contributed by atoms with E-state index in [1.165, 1.54) is 4.31 Å². The molecule has 2 aromatic rings. The Labute approximate surface area is 135 Å². The van der Waals surface area contributed by atoms with Gasteiger partial charge in [-0.1, -0.05) is 18.2 Å². The van der Waals surface area contributed by atoms with Crippen LogP contribution in [0.3, 0.4) is 0 Å². The molecule has 0 unspecified atom stereocenters. The van der Waals surface area contributed by atoms with Crippen molar-refractivity contribution < 1.29 is 13.2 Å². The fourth-order valence-electron chi connectivity index (χ4n) is 2.48. The predicted molar refractivity (Wildman–Crippen MR) is 89.7 cm³/mol. The molecule has 0 saturated heterocycles. The van der Waals surface area contributed by atoms with Gasteiger partial charge in [0.25, 0.3) is 0 Å². The first-order valence-electron chi connectivity index (χ1n) is 7.56. The fraction of sp³-hybridized carbons (Fsp3) is 0.375. The Balaban J connectivity index is 1.87. The van der Waals surface area contributed by atoms with E-state index >= 15 is 0 Å². The molecule has 1 amide bonds. The van der Waals surface area contributed by atoms with E-state index in [1.54, 1.807) is 24.4 Å². The second-order valence-electron chi connectivity index (χ2n) is 5.78. The van der Waals surface area contributed by atoms with Gasteiger partial charge in [0.2, 0.25) is 15.9 Å². The molecule has 122 valence electrons. The van der Waals surface area contributed by atoms with Crippen molar-refractivity contribution in [2.45, 2.75) is 25.3 Å². The van der Waals surface area contributed by atoms with Crippen molar-refractivity contribution in [3.05, 3.63) is 36.5 Å². The molecule has 1 N–H and O–H groups in total. The summed E-state index contributed by atoms with van der Waals surface area (Å²) in [7, 11) is -3.50. The Morgan fingerprint density at radius 2 is 2.04 bits per heavy atom. The molecule has 0 aliphatic heterocycles. The van der Waals surface area contributed by atoms with E-state index in [-0.39, 0.29) is 24.9 Å². The van der Waals surface area contributed by atoms with Crippen molar-refractivity contribution in [2.24, 2.45) is 0 Å². The predicted octanol–water partition coefficient (Wildman–Crippen LogP) is 1.67. The minimum atomic E-state index is -3.50. The maximum absolute atomic E-state index is 12.2. The fourth-order valence-corrected chi connectivity index (χ4v) is 3.41. The molecule has 1 fully saturated rings. The van der Waals surface area contributed by atoms with E-state index in [0.717, 1.165) is 24.5 Å². The maximum Gasteiger partial charge on any atom is 0.232 e. The number of hydrogen-bond acceptors (Lipinski definition) is 4. The molecule has 0 atom stereocenters.